The SMILES string of the molecule is [SiH3]C(C1=CC=CC1)(C1=CC=CC1)c1ccccc1. The molecule has 18 heavy (non-hydrogen) atoms. The molecule has 0 amide bonds. The third-order valence-electron chi connectivity index (χ3n) is 4.18. The van der Waals surface area contributed by atoms with Gasteiger partial charge < -0.3 is 0 Å². The van der Waals surface area contributed by atoms with Gasteiger partial charge >= 0.3 is 0 Å². The third-order valence-corrected chi connectivity index (χ3v) is 6.04. The van der Waals surface area contributed by atoms with E-state index >= 15 is 0 Å². The fourth-order valence-corrected chi connectivity index (χ4v) is 4.06. The van der Waals surface area contributed by atoms with Crippen molar-refractivity contribution in [3.05, 3.63) is 83.5 Å². The maximum absolute atomic E-state index is 2.32. The van der Waals surface area contributed by atoms with Gasteiger partial charge in [0.25, 0.3) is 0 Å². The Morgan fingerprint density at radius 3 is 1.83 bits per heavy atom. The zero-order valence-corrected chi connectivity index (χ0v) is 12.8. The minimum Gasteiger partial charge on any atom is -0.0804 e. The van der Waals surface area contributed by atoms with Crippen LogP contribution in [0.15, 0.2) is 77.9 Å². The highest BCUT2D eigenvalue weighted by atomic mass is 28.1. The van der Waals surface area contributed by atoms with E-state index in [0.717, 1.165) is 23.1 Å². The van der Waals surface area contributed by atoms with Crippen molar-refractivity contribution in [1.29, 1.82) is 0 Å². The molecule has 0 heterocycles. The highest BCUT2D eigenvalue weighted by Gasteiger charge is 2.34. The van der Waals surface area contributed by atoms with Crippen LogP contribution in [0.4, 0.5) is 0 Å². The van der Waals surface area contributed by atoms with Gasteiger partial charge in [-0.1, -0.05) is 77.9 Å². The Bertz CT molecular complexity index is 529. The van der Waals surface area contributed by atoms with Crippen LogP contribution in [0.3, 0.4) is 0 Å². The van der Waals surface area contributed by atoms with Crippen molar-refractivity contribution in [1.82, 2.24) is 0 Å². The zero-order chi connectivity index (χ0) is 12.4. The molecule has 0 aromatic heterocycles. The van der Waals surface area contributed by atoms with Gasteiger partial charge in [0.15, 0.2) is 0 Å². The number of hydrogen-bond donors (Lipinski definition) is 0. The lowest BCUT2D eigenvalue weighted by Crippen LogP contribution is -2.30. The first-order chi connectivity index (χ1) is 8.82. The largest absolute Gasteiger partial charge is 0.0804 e. The molecule has 2 aliphatic rings. The lowest BCUT2D eigenvalue weighted by atomic mass is 9.82. The second-order valence-corrected chi connectivity index (χ2v) is 6.64. The molecule has 3 rings (SSSR count). The smallest absolute Gasteiger partial charge is 0.0266 e. The van der Waals surface area contributed by atoms with E-state index in [1.165, 1.54) is 5.56 Å². The molecule has 0 radical (unpaired) electrons. The minimum atomic E-state index is 0.189. The summed E-state index contributed by atoms with van der Waals surface area (Å²) in [4.78, 5) is 0. The van der Waals surface area contributed by atoms with Gasteiger partial charge in [-0.3, -0.25) is 0 Å². The van der Waals surface area contributed by atoms with Crippen LogP contribution in [0.25, 0.3) is 0 Å². The van der Waals surface area contributed by atoms with Gasteiger partial charge in [0.1, 0.15) is 0 Å². The van der Waals surface area contributed by atoms with E-state index in [-0.39, 0.29) is 5.04 Å². The molecular formula is C17H18Si. The molecule has 0 bridgehead atoms. The van der Waals surface area contributed by atoms with Gasteiger partial charge in [-0.05, 0) is 18.4 Å². The van der Waals surface area contributed by atoms with Crippen molar-refractivity contribution in [3.63, 3.8) is 0 Å². The molecule has 1 aromatic rings. The van der Waals surface area contributed by atoms with Crippen molar-refractivity contribution >= 4 is 10.2 Å². The first kappa shape index (κ1) is 11.5. The summed E-state index contributed by atoms with van der Waals surface area (Å²) in [6, 6.07) is 11.0. The lowest BCUT2D eigenvalue weighted by Gasteiger charge is -2.34. The second kappa shape index (κ2) is 4.58. The second-order valence-electron chi connectivity index (χ2n) is 5.14. The maximum Gasteiger partial charge on any atom is 0.0266 e. The fraction of sp³-hybridized carbons (Fsp3) is 0.176. The lowest BCUT2D eigenvalue weighted by molar-refractivity contribution is 0.791. The van der Waals surface area contributed by atoms with Crippen molar-refractivity contribution in [2.75, 3.05) is 0 Å². The van der Waals surface area contributed by atoms with Crippen LogP contribution in [0.2, 0.25) is 0 Å². The van der Waals surface area contributed by atoms with Crippen LogP contribution < -0.4 is 0 Å². The number of rotatable bonds is 3. The van der Waals surface area contributed by atoms with Gasteiger partial charge in [-0.25, -0.2) is 0 Å². The summed E-state index contributed by atoms with van der Waals surface area (Å²) in [5.41, 5.74) is 4.59. The standard InChI is InChI=1S/C17H18Si/c18-17(15-10-4-5-11-15,16-12-6-7-13-16)14-8-2-1-3-9-14/h1-10,12H,11,13H2,18H3. The summed E-state index contributed by atoms with van der Waals surface area (Å²) in [7, 11) is 1.12. The Hall–Kier alpha value is -1.60. The van der Waals surface area contributed by atoms with Crippen LogP contribution in [0.1, 0.15) is 18.4 Å². The van der Waals surface area contributed by atoms with Crippen LogP contribution in [-0.4, -0.2) is 10.2 Å². The predicted octanol–water partition coefficient (Wildman–Crippen LogP) is 3.02. The van der Waals surface area contributed by atoms with Crippen LogP contribution in [0, 0.1) is 0 Å². The van der Waals surface area contributed by atoms with Crippen molar-refractivity contribution in [2.24, 2.45) is 0 Å². The predicted molar refractivity (Wildman–Crippen MR) is 81.7 cm³/mol. The van der Waals surface area contributed by atoms with E-state index in [2.05, 4.69) is 66.8 Å². The van der Waals surface area contributed by atoms with Gasteiger partial charge in [0.05, 0.1) is 0 Å². The van der Waals surface area contributed by atoms with Gasteiger partial charge in [0, 0.05) is 15.3 Å². The molecule has 0 nitrogen and oxygen atoms in total. The molecule has 0 atom stereocenters. The summed E-state index contributed by atoms with van der Waals surface area (Å²) in [5, 5.41) is 0.189. The van der Waals surface area contributed by atoms with Crippen molar-refractivity contribution < 1.29 is 0 Å². The molecule has 2 aliphatic carbocycles. The van der Waals surface area contributed by atoms with E-state index in [9.17, 15) is 0 Å². The van der Waals surface area contributed by atoms with E-state index in [4.69, 9.17) is 0 Å². The first-order valence-electron chi connectivity index (χ1n) is 6.59. The van der Waals surface area contributed by atoms with Crippen molar-refractivity contribution in [2.45, 2.75) is 17.9 Å². The zero-order valence-electron chi connectivity index (χ0n) is 10.8. The van der Waals surface area contributed by atoms with Crippen LogP contribution in [-0.2, 0) is 5.04 Å². The molecular weight excluding hydrogens is 232 g/mol. The average Bonchev–Trinajstić information content (AvgIpc) is 3.12. The highest BCUT2D eigenvalue weighted by molar-refractivity contribution is 6.20. The molecule has 0 aliphatic heterocycles. The molecule has 0 unspecified atom stereocenters. The van der Waals surface area contributed by atoms with Crippen LogP contribution in [0.5, 0.6) is 0 Å². The normalized spacial score (nSPS) is 18.2. The first-order valence-corrected chi connectivity index (χ1v) is 7.59. The highest BCUT2D eigenvalue weighted by Crippen LogP contribution is 2.42. The van der Waals surface area contributed by atoms with Crippen LogP contribution >= 0.6 is 0 Å². The Morgan fingerprint density at radius 1 is 0.833 bits per heavy atom. The molecule has 0 fully saturated rings. The number of allylic oxidation sites excluding steroid dienone is 8. The Morgan fingerprint density at radius 2 is 1.39 bits per heavy atom. The Balaban J connectivity index is 2.09. The van der Waals surface area contributed by atoms with E-state index in [1.807, 2.05) is 0 Å². The minimum absolute atomic E-state index is 0.189. The van der Waals surface area contributed by atoms with E-state index in [0.29, 0.717) is 0 Å². The summed E-state index contributed by atoms with van der Waals surface area (Å²) >= 11 is 0. The fourth-order valence-electron chi connectivity index (χ4n) is 2.98. The average molecular weight is 250 g/mol. The monoisotopic (exact) mass is 250 g/mol. The summed E-state index contributed by atoms with van der Waals surface area (Å²) in [6.45, 7) is 0. The van der Waals surface area contributed by atoms with E-state index in [1.54, 1.807) is 11.1 Å². The van der Waals surface area contributed by atoms with Gasteiger partial charge in [-0.15, -0.1) is 0 Å². The van der Waals surface area contributed by atoms with Gasteiger partial charge in [0.2, 0.25) is 0 Å². The Labute approximate surface area is 112 Å². The third kappa shape index (κ3) is 1.75. The maximum atomic E-state index is 2.32. The van der Waals surface area contributed by atoms with Crippen molar-refractivity contribution in [3.8, 4) is 0 Å². The molecule has 1 heteroatoms. The molecule has 0 spiro atoms. The summed E-state index contributed by atoms with van der Waals surface area (Å²) in [6.07, 6.45) is 15.8. The molecule has 0 N–H and O–H groups in total. The number of hydrogen-bond acceptors (Lipinski definition) is 0. The molecule has 0 saturated heterocycles. The topological polar surface area (TPSA) is 0 Å². The van der Waals surface area contributed by atoms with E-state index < -0.39 is 0 Å². The van der Waals surface area contributed by atoms with Gasteiger partial charge in [-0.2, -0.15) is 0 Å². The molecule has 0 saturated carbocycles. The molecule has 1 aromatic carbocycles. The quantitative estimate of drug-likeness (QED) is 0.723. The summed E-state index contributed by atoms with van der Waals surface area (Å²) < 4.78 is 0. The number of benzene rings is 1. The Kier molecular flexibility index (Phi) is 2.92. The molecule has 90 valence electrons. The summed E-state index contributed by atoms with van der Waals surface area (Å²) in [5.74, 6) is 0.